The molecule has 0 bridgehead atoms. The summed E-state index contributed by atoms with van der Waals surface area (Å²) in [5, 5.41) is 0. The number of hydrogen-bond donors (Lipinski definition) is 1. The van der Waals surface area contributed by atoms with Gasteiger partial charge in [0.1, 0.15) is 5.75 Å². The van der Waals surface area contributed by atoms with Crippen molar-refractivity contribution in [3.8, 4) is 5.75 Å². The summed E-state index contributed by atoms with van der Waals surface area (Å²) in [6, 6.07) is 7.76. The minimum absolute atomic E-state index is 0.0315. The fourth-order valence-corrected chi connectivity index (χ4v) is 4.23. The zero-order valence-corrected chi connectivity index (χ0v) is 13.6. The Labute approximate surface area is 140 Å². The van der Waals surface area contributed by atoms with Crippen LogP contribution in [0.4, 0.5) is 0 Å². The van der Waals surface area contributed by atoms with Crippen LogP contribution in [0.2, 0.25) is 0 Å². The number of nitrogens with two attached hydrogens (primary N) is 1. The highest BCUT2D eigenvalue weighted by Crippen LogP contribution is 2.61. The Bertz CT molecular complexity index is 677. The van der Waals surface area contributed by atoms with Gasteiger partial charge in [0.05, 0.1) is 25.9 Å². The SMILES string of the molecule is NC(=O)CC1COCCN1C(=O)C1CC12CCOc1ccccc12. The predicted octanol–water partition coefficient (Wildman–Crippen LogP) is 0.830. The first-order valence-electron chi connectivity index (χ1n) is 8.51. The lowest BCUT2D eigenvalue weighted by Crippen LogP contribution is -2.51. The minimum atomic E-state index is -0.398. The molecule has 6 heteroatoms. The number of primary amides is 1. The maximum Gasteiger partial charge on any atom is 0.227 e. The van der Waals surface area contributed by atoms with Gasteiger partial charge in [-0.15, -0.1) is 0 Å². The Kier molecular flexibility index (Phi) is 3.72. The molecule has 2 aliphatic heterocycles. The Morgan fingerprint density at radius 2 is 2.12 bits per heavy atom. The topological polar surface area (TPSA) is 81.9 Å². The summed E-state index contributed by atoms with van der Waals surface area (Å²) in [5.74, 6) is 0.595. The second-order valence-corrected chi connectivity index (χ2v) is 6.94. The first-order chi connectivity index (χ1) is 11.6. The molecule has 3 aliphatic rings. The van der Waals surface area contributed by atoms with Crippen LogP contribution < -0.4 is 10.5 Å². The van der Waals surface area contributed by atoms with Gasteiger partial charge < -0.3 is 20.1 Å². The van der Waals surface area contributed by atoms with Gasteiger partial charge in [-0.2, -0.15) is 0 Å². The molecule has 1 saturated heterocycles. The first kappa shape index (κ1) is 15.4. The van der Waals surface area contributed by atoms with Gasteiger partial charge in [0.15, 0.2) is 0 Å². The minimum Gasteiger partial charge on any atom is -0.493 e. The van der Waals surface area contributed by atoms with Crippen molar-refractivity contribution in [1.29, 1.82) is 0 Å². The van der Waals surface area contributed by atoms with Crippen LogP contribution in [0.1, 0.15) is 24.8 Å². The van der Waals surface area contributed by atoms with Gasteiger partial charge in [-0.3, -0.25) is 9.59 Å². The standard InChI is InChI=1S/C18H22N2O4/c19-16(21)9-12-11-23-8-6-20(12)17(22)14-10-18(14)5-7-24-15-4-2-1-3-13(15)18/h1-4,12,14H,5-11H2,(H2,19,21). The van der Waals surface area contributed by atoms with Crippen LogP contribution in [0.3, 0.4) is 0 Å². The molecule has 0 radical (unpaired) electrons. The molecule has 4 rings (SSSR count). The van der Waals surface area contributed by atoms with Gasteiger partial charge in [0.25, 0.3) is 0 Å². The molecule has 2 N–H and O–H groups in total. The average molecular weight is 330 g/mol. The number of fused-ring (bicyclic) bond motifs is 2. The summed E-state index contributed by atoms with van der Waals surface area (Å²) in [7, 11) is 0. The third-order valence-corrected chi connectivity index (χ3v) is 5.55. The molecule has 24 heavy (non-hydrogen) atoms. The molecule has 3 unspecified atom stereocenters. The van der Waals surface area contributed by atoms with Gasteiger partial charge in [0.2, 0.25) is 11.8 Å². The van der Waals surface area contributed by atoms with E-state index in [9.17, 15) is 9.59 Å². The quantitative estimate of drug-likeness (QED) is 0.890. The number of carbonyl (C=O) groups is 2. The number of rotatable bonds is 3. The Hall–Kier alpha value is -2.08. The lowest BCUT2D eigenvalue weighted by Gasteiger charge is -2.36. The Morgan fingerprint density at radius 3 is 2.96 bits per heavy atom. The van der Waals surface area contributed by atoms with Crippen LogP contribution in [0.15, 0.2) is 24.3 Å². The van der Waals surface area contributed by atoms with Crippen molar-refractivity contribution in [2.24, 2.45) is 11.7 Å². The van der Waals surface area contributed by atoms with E-state index >= 15 is 0 Å². The van der Waals surface area contributed by atoms with Crippen LogP contribution in [0.5, 0.6) is 5.75 Å². The van der Waals surface area contributed by atoms with Crippen LogP contribution in [-0.2, 0) is 19.7 Å². The summed E-state index contributed by atoms with van der Waals surface area (Å²) < 4.78 is 11.2. The predicted molar refractivity (Wildman–Crippen MR) is 86.5 cm³/mol. The lowest BCUT2D eigenvalue weighted by molar-refractivity contribution is -0.143. The van der Waals surface area contributed by atoms with E-state index in [4.69, 9.17) is 15.2 Å². The van der Waals surface area contributed by atoms with Gasteiger partial charge >= 0.3 is 0 Å². The highest BCUT2D eigenvalue weighted by molar-refractivity contribution is 5.86. The molecule has 1 aromatic carbocycles. The third kappa shape index (κ3) is 2.45. The van der Waals surface area contributed by atoms with E-state index in [1.807, 2.05) is 23.1 Å². The molecule has 2 fully saturated rings. The van der Waals surface area contributed by atoms with Gasteiger partial charge in [-0.05, 0) is 18.9 Å². The number of para-hydroxylation sites is 1. The van der Waals surface area contributed by atoms with Crippen LogP contribution in [-0.4, -0.2) is 49.1 Å². The lowest BCUT2D eigenvalue weighted by atomic mass is 9.87. The van der Waals surface area contributed by atoms with E-state index < -0.39 is 5.91 Å². The normalized spacial score (nSPS) is 31.2. The molecule has 1 spiro atoms. The number of nitrogens with zero attached hydrogens (tertiary/aromatic N) is 1. The number of carbonyl (C=O) groups excluding carboxylic acids is 2. The molecule has 1 aliphatic carbocycles. The molecule has 2 heterocycles. The van der Waals surface area contributed by atoms with Crippen molar-refractivity contribution in [1.82, 2.24) is 4.90 Å². The van der Waals surface area contributed by atoms with Gasteiger partial charge in [-0.1, -0.05) is 18.2 Å². The number of morpholine rings is 1. The fourth-order valence-electron chi connectivity index (χ4n) is 4.23. The first-order valence-corrected chi connectivity index (χ1v) is 8.51. The Morgan fingerprint density at radius 1 is 1.29 bits per heavy atom. The van der Waals surface area contributed by atoms with E-state index in [0.29, 0.717) is 26.4 Å². The Balaban J connectivity index is 1.55. The zero-order chi connectivity index (χ0) is 16.7. The molecule has 3 atom stereocenters. The smallest absolute Gasteiger partial charge is 0.227 e. The number of hydrogen-bond acceptors (Lipinski definition) is 4. The van der Waals surface area contributed by atoms with Crippen LogP contribution >= 0.6 is 0 Å². The second kappa shape index (κ2) is 5.77. The summed E-state index contributed by atoms with van der Waals surface area (Å²) in [6.07, 6.45) is 1.88. The van der Waals surface area contributed by atoms with E-state index in [1.165, 1.54) is 0 Å². The van der Waals surface area contributed by atoms with Crippen LogP contribution in [0.25, 0.3) is 0 Å². The number of ether oxygens (including phenoxy) is 2. The fraction of sp³-hybridized carbons (Fsp3) is 0.556. The molecule has 6 nitrogen and oxygen atoms in total. The van der Waals surface area contributed by atoms with E-state index in [1.54, 1.807) is 0 Å². The van der Waals surface area contributed by atoms with E-state index in [-0.39, 0.29) is 29.7 Å². The summed E-state index contributed by atoms with van der Waals surface area (Å²) >= 11 is 0. The molecular weight excluding hydrogens is 308 g/mol. The molecule has 2 amide bonds. The number of amides is 2. The molecular formula is C18H22N2O4. The summed E-state index contributed by atoms with van der Waals surface area (Å²) in [4.78, 5) is 26.2. The average Bonchev–Trinajstić information content (AvgIpc) is 3.29. The highest BCUT2D eigenvalue weighted by atomic mass is 16.5. The van der Waals surface area contributed by atoms with Gasteiger partial charge in [0, 0.05) is 29.9 Å². The second-order valence-electron chi connectivity index (χ2n) is 6.94. The van der Waals surface area contributed by atoms with Gasteiger partial charge in [-0.25, -0.2) is 0 Å². The molecule has 0 aromatic heterocycles. The highest BCUT2D eigenvalue weighted by Gasteiger charge is 2.62. The third-order valence-electron chi connectivity index (χ3n) is 5.55. The summed E-state index contributed by atoms with van der Waals surface area (Å²) in [6.45, 7) is 2.07. The number of benzene rings is 1. The van der Waals surface area contributed by atoms with E-state index in [2.05, 4.69) is 6.07 Å². The monoisotopic (exact) mass is 330 g/mol. The van der Waals surface area contributed by atoms with Crippen molar-refractivity contribution in [3.63, 3.8) is 0 Å². The maximum atomic E-state index is 13.1. The van der Waals surface area contributed by atoms with Crippen molar-refractivity contribution in [2.75, 3.05) is 26.4 Å². The largest absolute Gasteiger partial charge is 0.493 e. The molecule has 1 saturated carbocycles. The van der Waals surface area contributed by atoms with Crippen LogP contribution in [0, 0.1) is 5.92 Å². The van der Waals surface area contributed by atoms with Crippen molar-refractivity contribution < 1.29 is 19.1 Å². The zero-order valence-electron chi connectivity index (χ0n) is 13.6. The van der Waals surface area contributed by atoms with Crippen molar-refractivity contribution >= 4 is 11.8 Å². The van der Waals surface area contributed by atoms with Crippen molar-refractivity contribution in [3.05, 3.63) is 29.8 Å². The molecule has 128 valence electrons. The summed E-state index contributed by atoms with van der Waals surface area (Å²) in [5.41, 5.74) is 6.38. The van der Waals surface area contributed by atoms with E-state index in [0.717, 1.165) is 24.2 Å². The maximum absolute atomic E-state index is 13.1. The van der Waals surface area contributed by atoms with Crippen molar-refractivity contribution in [2.45, 2.75) is 30.7 Å². The molecule has 1 aromatic rings.